The van der Waals surface area contributed by atoms with Gasteiger partial charge in [-0.15, -0.1) is 0 Å². The molecule has 1 aromatic carbocycles. The summed E-state index contributed by atoms with van der Waals surface area (Å²) in [5, 5.41) is 1.17. The van der Waals surface area contributed by atoms with Crippen LogP contribution in [0.3, 0.4) is 0 Å². The zero-order chi connectivity index (χ0) is 13.1. The number of hydrogen-bond donors (Lipinski definition) is 1. The Hall–Kier alpha value is -1.45. The van der Waals surface area contributed by atoms with Gasteiger partial charge in [0.15, 0.2) is 0 Å². The van der Waals surface area contributed by atoms with Crippen LogP contribution < -0.4 is 5.73 Å². The lowest BCUT2D eigenvalue weighted by atomic mass is 10.0. The van der Waals surface area contributed by atoms with E-state index in [9.17, 15) is 0 Å². The zero-order valence-electron chi connectivity index (χ0n) is 11.4. The molecular formula is C15H21N3. The first-order chi connectivity index (χ1) is 8.56. The maximum absolute atomic E-state index is 6.22. The molecule has 1 unspecified atom stereocenters. The number of aryl methyl sites for hydroxylation is 1. The molecule has 96 valence electrons. The Bertz CT molecular complexity index is 534. The summed E-state index contributed by atoms with van der Waals surface area (Å²) in [6.45, 7) is 3.02. The average Bonchev–Trinajstić information content (AvgIpc) is 2.35. The Morgan fingerprint density at radius 1 is 1.22 bits per heavy atom. The van der Waals surface area contributed by atoms with Crippen molar-refractivity contribution in [3.8, 4) is 0 Å². The standard InChI is InChI=1S/C15H21N3/c1-11-4-5-13-10-12(6-7-15(13)17-11)14(16)8-9-18(2)3/h4-7,10,14H,8-9,16H2,1-3H3. The Morgan fingerprint density at radius 3 is 2.72 bits per heavy atom. The van der Waals surface area contributed by atoms with Crippen molar-refractivity contribution in [3.63, 3.8) is 0 Å². The fraction of sp³-hybridized carbons (Fsp3) is 0.400. The molecule has 0 spiro atoms. The van der Waals surface area contributed by atoms with E-state index in [4.69, 9.17) is 5.73 Å². The topological polar surface area (TPSA) is 42.1 Å². The van der Waals surface area contributed by atoms with Gasteiger partial charge in [-0.2, -0.15) is 0 Å². The maximum atomic E-state index is 6.22. The SMILES string of the molecule is Cc1ccc2cc(C(N)CCN(C)C)ccc2n1. The van der Waals surface area contributed by atoms with Gasteiger partial charge in [0.05, 0.1) is 5.52 Å². The molecule has 0 saturated heterocycles. The highest BCUT2D eigenvalue weighted by Crippen LogP contribution is 2.20. The van der Waals surface area contributed by atoms with Crippen molar-refractivity contribution in [2.24, 2.45) is 5.73 Å². The number of nitrogens with zero attached hydrogens (tertiary/aromatic N) is 2. The molecule has 0 aliphatic heterocycles. The number of pyridine rings is 1. The van der Waals surface area contributed by atoms with Crippen LogP contribution in [0.15, 0.2) is 30.3 Å². The first-order valence-corrected chi connectivity index (χ1v) is 6.34. The van der Waals surface area contributed by atoms with Gasteiger partial charge in [-0.05, 0) is 57.7 Å². The maximum Gasteiger partial charge on any atom is 0.0705 e. The third-order valence-corrected chi connectivity index (χ3v) is 3.17. The number of aromatic nitrogens is 1. The van der Waals surface area contributed by atoms with Crippen LogP contribution in [-0.4, -0.2) is 30.5 Å². The van der Waals surface area contributed by atoms with Gasteiger partial charge in [-0.3, -0.25) is 4.98 Å². The highest BCUT2D eigenvalue weighted by Gasteiger charge is 2.07. The molecule has 1 heterocycles. The van der Waals surface area contributed by atoms with E-state index in [2.05, 4.69) is 48.2 Å². The number of rotatable bonds is 4. The van der Waals surface area contributed by atoms with Crippen LogP contribution in [0.5, 0.6) is 0 Å². The van der Waals surface area contributed by atoms with Crippen LogP contribution in [-0.2, 0) is 0 Å². The van der Waals surface area contributed by atoms with Crippen molar-refractivity contribution in [2.75, 3.05) is 20.6 Å². The summed E-state index contributed by atoms with van der Waals surface area (Å²) < 4.78 is 0. The average molecular weight is 243 g/mol. The molecule has 0 aliphatic rings. The fourth-order valence-corrected chi connectivity index (χ4v) is 2.04. The van der Waals surface area contributed by atoms with Gasteiger partial charge in [-0.25, -0.2) is 0 Å². The van der Waals surface area contributed by atoms with E-state index in [1.54, 1.807) is 0 Å². The quantitative estimate of drug-likeness (QED) is 0.897. The van der Waals surface area contributed by atoms with Crippen LogP contribution in [0, 0.1) is 6.92 Å². The molecule has 0 amide bonds. The van der Waals surface area contributed by atoms with Crippen LogP contribution in [0.25, 0.3) is 10.9 Å². The van der Waals surface area contributed by atoms with Crippen molar-refractivity contribution in [2.45, 2.75) is 19.4 Å². The van der Waals surface area contributed by atoms with Crippen LogP contribution in [0.4, 0.5) is 0 Å². The summed E-state index contributed by atoms with van der Waals surface area (Å²) in [7, 11) is 4.14. The molecule has 3 nitrogen and oxygen atoms in total. The Balaban J connectivity index is 2.21. The third-order valence-electron chi connectivity index (χ3n) is 3.17. The number of nitrogens with two attached hydrogens (primary N) is 1. The van der Waals surface area contributed by atoms with Crippen LogP contribution >= 0.6 is 0 Å². The van der Waals surface area contributed by atoms with E-state index in [1.807, 2.05) is 13.0 Å². The summed E-state index contributed by atoms with van der Waals surface area (Å²) in [6.07, 6.45) is 0.970. The van der Waals surface area contributed by atoms with Crippen molar-refractivity contribution < 1.29 is 0 Å². The first kappa shape index (κ1) is 13.0. The first-order valence-electron chi connectivity index (χ1n) is 6.34. The summed E-state index contributed by atoms with van der Waals surface area (Å²) in [5.74, 6) is 0. The normalized spacial score (nSPS) is 13.2. The molecular weight excluding hydrogens is 222 g/mol. The van der Waals surface area contributed by atoms with Crippen molar-refractivity contribution in [1.29, 1.82) is 0 Å². The van der Waals surface area contributed by atoms with E-state index in [-0.39, 0.29) is 6.04 Å². The van der Waals surface area contributed by atoms with E-state index in [1.165, 1.54) is 10.9 Å². The minimum absolute atomic E-state index is 0.0955. The lowest BCUT2D eigenvalue weighted by Crippen LogP contribution is -2.20. The summed E-state index contributed by atoms with van der Waals surface area (Å²) in [5.41, 5.74) is 9.50. The van der Waals surface area contributed by atoms with Gasteiger partial charge in [0.25, 0.3) is 0 Å². The summed E-state index contributed by atoms with van der Waals surface area (Å²) in [6, 6.07) is 10.6. The zero-order valence-corrected chi connectivity index (χ0v) is 11.4. The number of hydrogen-bond acceptors (Lipinski definition) is 3. The molecule has 0 fully saturated rings. The Labute approximate surface area is 109 Å². The molecule has 2 N–H and O–H groups in total. The highest BCUT2D eigenvalue weighted by atomic mass is 15.0. The van der Waals surface area contributed by atoms with Gasteiger partial charge < -0.3 is 10.6 Å². The molecule has 0 saturated carbocycles. The summed E-state index contributed by atoms with van der Waals surface area (Å²) >= 11 is 0. The second kappa shape index (κ2) is 5.46. The Kier molecular flexibility index (Phi) is 3.94. The molecule has 3 heteroatoms. The van der Waals surface area contributed by atoms with Gasteiger partial charge in [0, 0.05) is 17.1 Å². The highest BCUT2D eigenvalue weighted by molar-refractivity contribution is 5.79. The monoisotopic (exact) mass is 243 g/mol. The number of fused-ring (bicyclic) bond motifs is 1. The largest absolute Gasteiger partial charge is 0.324 e. The predicted molar refractivity (Wildman–Crippen MR) is 76.6 cm³/mol. The molecule has 18 heavy (non-hydrogen) atoms. The van der Waals surface area contributed by atoms with Crippen molar-refractivity contribution in [3.05, 3.63) is 41.6 Å². The fourth-order valence-electron chi connectivity index (χ4n) is 2.04. The molecule has 1 aromatic heterocycles. The van der Waals surface area contributed by atoms with Crippen molar-refractivity contribution in [1.82, 2.24) is 9.88 Å². The van der Waals surface area contributed by atoms with E-state index >= 15 is 0 Å². The molecule has 2 rings (SSSR count). The minimum atomic E-state index is 0.0955. The van der Waals surface area contributed by atoms with Gasteiger partial charge in [0.2, 0.25) is 0 Å². The molecule has 0 aliphatic carbocycles. The molecule has 0 radical (unpaired) electrons. The third kappa shape index (κ3) is 3.06. The molecule has 1 atom stereocenters. The van der Waals surface area contributed by atoms with Crippen molar-refractivity contribution >= 4 is 10.9 Å². The smallest absolute Gasteiger partial charge is 0.0705 e. The lowest BCUT2D eigenvalue weighted by molar-refractivity contribution is 0.382. The molecule has 2 aromatic rings. The van der Waals surface area contributed by atoms with Gasteiger partial charge in [-0.1, -0.05) is 12.1 Å². The number of benzene rings is 1. The second-order valence-corrected chi connectivity index (χ2v) is 5.10. The van der Waals surface area contributed by atoms with E-state index in [0.717, 1.165) is 24.2 Å². The van der Waals surface area contributed by atoms with E-state index < -0.39 is 0 Å². The lowest BCUT2D eigenvalue weighted by Gasteiger charge is -2.16. The Morgan fingerprint density at radius 2 is 2.00 bits per heavy atom. The minimum Gasteiger partial charge on any atom is -0.324 e. The van der Waals surface area contributed by atoms with E-state index in [0.29, 0.717) is 0 Å². The summed E-state index contributed by atoms with van der Waals surface area (Å²) in [4.78, 5) is 6.66. The van der Waals surface area contributed by atoms with Gasteiger partial charge >= 0.3 is 0 Å². The van der Waals surface area contributed by atoms with Crippen LogP contribution in [0.1, 0.15) is 23.7 Å². The van der Waals surface area contributed by atoms with Gasteiger partial charge in [0.1, 0.15) is 0 Å². The van der Waals surface area contributed by atoms with Crippen LogP contribution in [0.2, 0.25) is 0 Å². The second-order valence-electron chi connectivity index (χ2n) is 5.10. The predicted octanol–water partition coefficient (Wildman–Crippen LogP) is 2.49. The molecule has 0 bridgehead atoms.